The fourth-order valence-electron chi connectivity index (χ4n) is 0.602. The van der Waals surface area contributed by atoms with Crippen LogP contribution in [0.3, 0.4) is 0 Å². The average Bonchev–Trinajstić information content (AvgIpc) is 1.90. The van der Waals surface area contributed by atoms with E-state index in [4.69, 9.17) is 5.73 Å². The molecule has 0 spiro atoms. The fraction of sp³-hybridized carbons (Fsp3) is 0. The maximum absolute atomic E-state index is 10.4. The van der Waals surface area contributed by atoms with Crippen molar-refractivity contribution in [2.75, 3.05) is 0 Å². The van der Waals surface area contributed by atoms with Gasteiger partial charge in [-0.3, -0.25) is 4.79 Å². The molecule has 0 aliphatic carbocycles. The fourth-order valence-corrected chi connectivity index (χ4v) is 0.602. The van der Waals surface area contributed by atoms with Crippen LogP contribution in [0.15, 0.2) is 30.3 Å². The van der Waals surface area contributed by atoms with Gasteiger partial charge >= 0.3 is 0 Å². The SMILES string of the molecule is NC(=O)c1ccccc1.O. The highest BCUT2D eigenvalue weighted by atomic mass is 16.1. The highest BCUT2D eigenvalue weighted by molar-refractivity contribution is 5.92. The molecule has 0 unspecified atom stereocenters. The minimum atomic E-state index is -0.379. The molecule has 3 heteroatoms. The number of hydrogen-bond acceptors (Lipinski definition) is 1. The third-order valence-electron chi connectivity index (χ3n) is 1.06. The molecule has 0 aliphatic rings. The molecular formula is C7H9NO2. The van der Waals surface area contributed by atoms with Crippen LogP contribution in [0.25, 0.3) is 0 Å². The summed E-state index contributed by atoms with van der Waals surface area (Å²) < 4.78 is 0. The highest BCUT2D eigenvalue weighted by Gasteiger charge is 1.93. The molecule has 0 heterocycles. The van der Waals surface area contributed by atoms with Crippen molar-refractivity contribution in [2.24, 2.45) is 5.73 Å². The molecule has 0 atom stereocenters. The summed E-state index contributed by atoms with van der Waals surface area (Å²) in [4.78, 5) is 10.4. The molecule has 0 saturated heterocycles. The molecule has 0 radical (unpaired) electrons. The Morgan fingerprint density at radius 1 is 1.20 bits per heavy atom. The van der Waals surface area contributed by atoms with E-state index in [9.17, 15) is 4.79 Å². The smallest absolute Gasteiger partial charge is 0.248 e. The van der Waals surface area contributed by atoms with Crippen molar-refractivity contribution in [3.63, 3.8) is 0 Å². The van der Waals surface area contributed by atoms with Crippen LogP contribution >= 0.6 is 0 Å². The van der Waals surface area contributed by atoms with Crippen LogP contribution in [0, 0.1) is 0 Å². The summed E-state index contributed by atoms with van der Waals surface area (Å²) in [5, 5.41) is 0. The lowest BCUT2D eigenvalue weighted by Crippen LogP contribution is -2.09. The van der Waals surface area contributed by atoms with Gasteiger partial charge in [0.1, 0.15) is 0 Å². The Bertz CT molecular complexity index is 208. The Morgan fingerprint density at radius 3 is 2.00 bits per heavy atom. The van der Waals surface area contributed by atoms with Crippen molar-refractivity contribution in [2.45, 2.75) is 0 Å². The molecule has 10 heavy (non-hydrogen) atoms. The molecule has 1 aromatic rings. The second kappa shape index (κ2) is 3.63. The van der Waals surface area contributed by atoms with Gasteiger partial charge in [-0.2, -0.15) is 0 Å². The van der Waals surface area contributed by atoms with Gasteiger partial charge in [0.15, 0.2) is 0 Å². The lowest BCUT2D eigenvalue weighted by molar-refractivity contribution is 0.100. The first kappa shape index (κ1) is 8.65. The van der Waals surface area contributed by atoms with E-state index in [2.05, 4.69) is 0 Å². The molecule has 1 amide bonds. The quantitative estimate of drug-likeness (QED) is 0.582. The zero-order valence-electron chi connectivity index (χ0n) is 5.37. The first-order valence-electron chi connectivity index (χ1n) is 2.65. The number of hydrogen-bond donors (Lipinski definition) is 1. The number of amides is 1. The molecule has 0 aliphatic heterocycles. The van der Waals surface area contributed by atoms with Crippen LogP contribution < -0.4 is 5.73 Å². The van der Waals surface area contributed by atoms with Crippen LogP contribution in [-0.2, 0) is 0 Å². The maximum atomic E-state index is 10.4. The van der Waals surface area contributed by atoms with E-state index in [0.717, 1.165) is 0 Å². The van der Waals surface area contributed by atoms with Gasteiger partial charge in [0.05, 0.1) is 0 Å². The van der Waals surface area contributed by atoms with Gasteiger partial charge in [-0.05, 0) is 12.1 Å². The van der Waals surface area contributed by atoms with Crippen molar-refractivity contribution < 1.29 is 10.3 Å². The summed E-state index contributed by atoms with van der Waals surface area (Å²) in [6.07, 6.45) is 0. The standard InChI is InChI=1S/C7H7NO.H2O/c8-7(9)6-4-2-1-3-5-6;/h1-5H,(H2,8,9);1H2. The van der Waals surface area contributed by atoms with Gasteiger partial charge in [0.25, 0.3) is 0 Å². The number of carbonyl (C=O) groups is 1. The Hall–Kier alpha value is -1.35. The largest absolute Gasteiger partial charge is 0.412 e. The Kier molecular flexibility index (Phi) is 3.14. The van der Waals surface area contributed by atoms with Gasteiger partial charge in [-0.1, -0.05) is 18.2 Å². The monoisotopic (exact) mass is 139 g/mol. The Balaban J connectivity index is 0.000000810. The van der Waals surface area contributed by atoms with Crippen molar-refractivity contribution in [1.29, 1.82) is 0 Å². The molecular weight excluding hydrogens is 130 g/mol. The maximum Gasteiger partial charge on any atom is 0.248 e. The molecule has 54 valence electrons. The van der Waals surface area contributed by atoms with Crippen LogP contribution in [0.2, 0.25) is 0 Å². The summed E-state index contributed by atoms with van der Waals surface area (Å²) >= 11 is 0. The van der Waals surface area contributed by atoms with E-state index in [1.165, 1.54) is 0 Å². The van der Waals surface area contributed by atoms with Gasteiger partial charge in [0, 0.05) is 5.56 Å². The zero-order chi connectivity index (χ0) is 6.69. The van der Waals surface area contributed by atoms with Crippen LogP contribution in [0.1, 0.15) is 10.4 Å². The van der Waals surface area contributed by atoms with Gasteiger partial charge < -0.3 is 11.2 Å². The predicted octanol–water partition coefficient (Wildman–Crippen LogP) is -0.0392. The molecule has 0 fully saturated rings. The zero-order valence-corrected chi connectivity index (χ0v) is 5.37. The van der Waals surface area contributed by atoms with E-state index >= 15 is 0 Å². The molecule has 1 rings (SSSR count). The number of benzene rings is 1. The third-order valence-corrected chi connectivity index (χ3v) is 1.06. The van der Waals surface area contributed by atoms with Crippen molar-refractivity contribution in [1.82, 2.24) is 0 Å². The number of nitrogens with two attached hydrogens (primary N) is 1. The van der Waals surface area contributed by atoms with E-state index in [-0.39, 0.29) is 11.4 Å². The van der Waals surface area contributed by atoms with Gasteiger partial charge in [0.2, 0.25) is 5.91 Å². The summed E-state index contributed by atoms with van der Waals surface area (Å²) in [6, 6.07) is 8.76. The predicted molar refractivity (Wildman–Crippen MR) is 38.6 cm³/mol. The van der Waals surface area contributed by atoms with E-state index in [0.29, 0.717) is 5.56 Å². The van der Waals surface area contributed by atoms with Crippen molar-refractivity contribution >= 4 is 5.91 Å². The first-order valence-corrected chi connectivity index (χ1v) is 2.65. The average molecular weight is 139 g/mol. The van der Waals surface area contributed by atoms with Crippen LogP contribution in [0.5, 0.6) is 0 Å². The van der Waals surface area contributed by atoms with E-state index in [1.807, 2.05) is 6.07 Å². The lowest BCUT2D eigenvalue weighted by Gasteiger charge is -1.89. The minimum absolute atomic E-state index is 0. The molecule has 0 saturated carbocycles. The van der Waals surface area contributed by atoms with Crippen LogP contribution in [-0.4, -0.2) is 11.4 Å². The van der Waals surface area contributed by atoms with E-state index in [1.54, 1.807) is 24.3 Å². The molecule has 3 nitrogen and oxygen atoms in total. The summed E-state index contributed by atoms with van der Waals surface area (Å²) in [7, 11) is 0. The normalized spacial score (nSPS) is 8.00. The summed E-state index contributed by atoms with van der Waals surface area (Å²) in [6.45, 7) is 0. The molecule has 0 bridgehead atoms. The highest BCUT2D eigenvalue weighted by Crippen LogP contribution is 1.94. The molecule has 4 N–H and O–H groups in total. The molecule has 1 aromatic carbocycles. The number of primary amides is 1. The van der Waals surface area contributed by atoms with Crippen molar-refractivity contribution in [3.8, 4) is 0 Å². The lowest BCUT2D eigenvalue weighted by atomic mass is 10.2. The van der Waals surface area contributed by atoms with Gasteiger partial charge in [-0.25, -0.2) is 0 Å². The third kappa shape index (κ3) is 1.87. The second-order valence-corrected chi connectivity index (χ2v) is 1.73. The van der Waals surface area contributed by atoms with Crippen molar-refractivity contribution in [3.05, 3.63) is 35.9 Å². The summed E-state index contributed by atoms with van der Waals surface area (Å²) in [5.41, 5.74) is 5.53. The number of rotatable bonds is 1. The first-order chi connectivity index (χ1) is 4.30. The topological polar surface area (TPSA) is 74.6 Å². The minimum Gasteiger partial charge on any atom is -0.412 e. The Morgan fingerprint density at radius 2 is 1.70 bits per heavy atom. The van der Waals surface area contributed by atoms with Gasteiger partial charge in [-0.15, -0.1) is 0 Å². The number of carbonyl (C=O) groups excluding carboxylic acids is 1. The second-order valence-electron chi connectivity index (χ2n) is 1.73. The summed E-state index contributed by atoms with van der Waals surface area (Å²) in [5.74, 6) is -0.379. The molecule has 0 aromatic heterocycles. The van der Waals surface area contributed by atoms with Crippen LogP contribution in [0.4, 0.5) is 0 Å². The van der Waals surface area contributed by atoms with E-state index < -0.39 is 0 Å². The Labute approximate surface area is 58.8 Å².